The van der Waals surface area contributed by atoms with Crippen molar-refractivity contribution in [2.24, 2.45) is 11.8 Å². The summed E-state index contributed by atoms with van der Waals surface area (Å²) >= 11 is 0. The van der Waals surface area contributed by atoms with E-state index in [4.69, 9.17) is 17.5 Å². The van der Waals surface area contributed by atoms with E-state index in [9.17, 15) is 9.59 Å². The number of rotatable bonds is 16. The standard InChI is InChI=1S/2C13H26N2O.H2O4S/c2*1-6-13(16)14-10-12(5)11-15(7-2,8-3)9-4;1-5(2,3)4/h2*6,12H,1,7-11H2,2-5H3;(H2,1,2,3,4). The number of hydrogen-bond donors (Lipinski definition) is 2. The topological polar surface area (TPSA) is 138 Å². The summed E-state index contributed by atoms with van der Waals surface area (Å²) in [6.45, 7) is 35.4. The van der Waals surface area contributed by atoms with Gasteiger partial charge in [0.05, 0.1) is 52.4 Å². The summed E-state index contributed by atoms with van der Waals surface area (Å²) in [6.07, 6.45) is 2.66. The fourth-order valence-corrected chi connectivity index (χ4v) is 4.26. The van der Waals surface area contributed by atoms with Gasteiger partial charge in [-0.05, 0) is 53.7 Å². The molecule has 0 spiro atoms. The van der Waals surface area contributed by atoms with E-state index >= 15 is 0 Å². The van der Waals surface area contributed by atoms with Crippen molar-refractivity contribution in [1.82, 2.24) is 10.6 Å². The van der Waals surface area contributed by atoms with E-state index < -0.39 is 10.4 Å². The summed E-state index contributed by atoms with van der Waals surface area (Å²) < 4.78 is 36.3. The normalized spacial score (nSPS) is 13.0. The number of nitrogens with one attached hydrogen (secondary N) is 2. The summed E-state index contributed by atoms with van der Waals surface area (Å²) in [5.74, 6) is 0.858. The van der Waals surface area contributed by atoms with Crippen molar-refractivity contribution in [1.29, 1.82) is 0 Å². The Labute approximate surface area is 226 Å². The van der Waals surface area contributed by atoms with Crippen molar-refractivity contribution < 1.29 is 36.1 Å². The van der Waals surface area contributed by atoms with Crippen LogP contribution in [0.5, 0.6) is 0 Å². The molecule has 2 amide bonds. The van der Waals surface area contributed by atoms with E-state index in [2.05, 4.69) is 79.2 Å². The van der Waals surface area contributed by atoms with E-state index in [1.165, 1.54) is 12.2 Å². The lowest BCUT2D eigenvalue weighted by molar-refractivity contribution is -0.926. The molecule has 220 valence electrons. The zero-order chi connectivity index (χ0) is 29.7. The molecule has 2 atom stereocenters. The molecule has 10 nitrogen and oxygen atoms in total. The average molecular weight is 551 g/mol. The molecule has 0 saturated carbocycles. The van der Waals surface area contributed by atoms with Gasteiger partial charge in [-0.25, -0.2) is 0 Å². The molecule has 37 heavy (non-hydrogen) atoms. The maximum absolute atomic E-state index is 11.1. The molecule has 0 saturated heterocycles. The molecule has 11 heteroatoms. The van der Waals surface area contributed by atoms with Gasteiger partial charge in [-0.15, -0.1) is 0 Å². The zero-order valence-corrected chi connectivity index (χ0v) is 25.4. The van der Waals surface area contributed by atoms with Crippen LogP contribution in [0.25, 0.3) is 0 Å². The highest BCUT2D eigenvalue weighted by Gasteiger charge is 2.24. The highest BCUT2D eigenvalue weighted by Crippen LogP contribution is 2.11. The van der Waals surface area contributed by atoms with Crippen molar-refractivity contribution in [2.75, 3.05) is 65.4 Å². The Kier molecular flexibility index (Phi) is 22.7. The molecule has 0 aliphatic heterocycles. The number of amides is 2. The van der Waals surface area contributed by atoms with E-state index in [-0.39, 0.29) is 11.8 Å². The fourth-order valence-electron chi connectivity index (χ4n) is 4.26. The minimum Gasteiger partial charge on any atom is -0.759 e. The number of nitrogens with zero attached hydrogens (tertiary/aromatic N) is 2. The van der Waals surface area contributed by atoms with Crippen LogP contribution in [0.4, 0.5) is 0 Å². The van der Waals surface area contributed by atoms with Crippen LogP contribution in [0, 0.1) is 11.8 Å². The Balaban J connectivity index is -0.000000528. The van der Waals surface area contributed by atoms with Gasteiger partial charge < -0.3 is 28.7 Å². The monoisotopic (exact) mass is 550 g/mol. The van der Waals surface area contributed by atoms with Gasteiger partial charge in [0.25, 0.3) is 0 Å². The molecule has 0 aromatic rings. The van der Waals surface area contributed by atoms with Crippen LogP contribution in [0.3, 0.4) is 0 Å². The maximum atomic E-state index is 11.1. The van der Waals surface area contributed by atoms with Crippen molar-refractivity contribution in [2.45, 2.75) is 55.4 Å². The Morgan fingerprint density at radius 1 is 0.703 bits per heavy atom. The third-order valence-electron chi connectivity index (χ3n) is 7.04. The lowest BCUT2D eigenvalue weighted by Gasteiger charge is -2.38. The van der Waals surface area contributed by atoms with Gasteiger partial charge in [0.2, 0.25) is 11.8 Å². The van der Waals surface area contributed by atoms with Crippen LogP contribution < -0.4 is 10.6 Å². The van der Waals surface area contributed by atoms with Crippen molar-refractivity contribution in [3.05, 3.63) is 25.3 Å². The molecule has 0 aromatic carbocycles. The molecule has 0 fully saturated rings. The molecule has 0 aromatic heterocycles. The molecular weight excluding hydrogens is 496 g/mol. The Hall–Kier alpha value is -1.79. The summed E-state index contributed by atoms with van der Waals surface area (Å²) in [7, 11) is -5.17. The molecule has 2 unspecified atom stereocenters. The van der Waals surface area contributed by atoms with Crippen LogP contribution in [-0.4, -0.2) is 104 Å². The van der Waals surface area contributed by atoms with E-state index in [0.717, 1.165) is 74.4 Å². The largest absolute Gasteiger partial charge is 0.759 e. The number of carbonyl (C=O) groups is 2. The lowest BCUT2D eigenvalue weighted by Crippen LogP contribution is -2.51. The molecule has 0 heterocycles. The predicted octanol–water partition coefficient (Wildman–Crippen LogP) is 2.26. The van der Waals surface area contributed by atoms with Crippen LogP contribution >= 0.6 is 0 Å². The molecular formula is C26H54N4O6S. The van der Waals surface area contributed by atoms with Gasteiger partial charge >= 0.3 is 0 Å². The minimum absolute atomic E-state index is 0.0746. The lowest BCUT2D eigenvalue weighted by atomic mass is 10.1. The van der Waals surface area contributed by atoms with E-state index in [1.807, 2.05) is 0 Å². The van der Waals surface area contributed by atoms with E-state index in [0.29, 0.717) is 11.8 Å². The van der Waals surface area contributed by atoms with Crippen molar-refractivity contribution in [3.63, 3.8) is 0 Å². The zero-order valence-electron chi connectivity index (χ0n) is 24.5. The van der Waals surface area contributed by atoms with Gasteiger partial charge in [0.15, 0.2) is 0 Å². The highest BCUT2D eigenvalue weighted by atomic mass is 32.3. The van der Waals surface area contributed by atoms with Gasteiger partial charge in [-0.1, -0.05) is 27.0 Å². The second-order valence-corrected chi connectivity index (χ2v) is 10.3. The van der Waals surface area contributed by atoms with Gasteiger partial charge in [0, 0.05) is 35.3 Å². The maximum Gasteiger partial charge on any atom is 0.243 e. The Morgan fingerprint density at radius 3 is 1.08 bits per heavy atom. The number of carbonyl (C=O) groups excluding carboxylic acids is 2. The van der Waals surface area contributed by atoms with Gasteiger partial charge in [0.1, 0.15) is 0 Å². The van der Waals surface area contributed by atoms with Crippen LogP contribution in [0.2, 0.25) is 0 Å². The van der Waals surface area contributed by atoms with Crippen molar-refractivity contribution in [3.8, 4) is 0 Å². The quantitative estimate of drug-likeness (QED) is 0.131. The molecule has 0 rings (SSSR count). The van der Waals surface area contributed by atoms with Crippen LogP contribution in [-0.2, 0) is 20.0 Å². The van der Waals surface area contributed by atoms with Crippen molar-refractivity contribution >= 4 is 22.2 Å². The molecule has 0 aliphatic carbocycles. The molecule has 0 bridgehead atoms. The first kappa shape index (κ1) is 39.7. The Morgan fingerprint density at radius 2 is 0.919 bits per heavy atom. The smallest absolute Gasteiger partial charge is 0.243 e. The summed E-state index contributed by atoms with van der Waals surface area (Å²) in [5, 5.41) is 5.72. The average Bonchev–Trinajstić information content (AvgIpc) is 2.87. The van der Waals surface area contributed by atoms with Gasteiger partial charge in [-0.2, -0.15) is 0 Å². The highest BCUT2D eigenvalue weighted by molar-refractivity contribution is 7.79. The van der Waals surface area contributed by atoms with Crippen LogP contribution in [0.1, 0.15) is 55.4 Å². The molecule has 0 radical (unpaired) electrons. The predicted molar refractivity (Wildman–Crippen MR) is 149 cm³/mol. The first-order chi connectivity index (χ1) is 17.1. The summed E-state index contributed by atoms with van der Waals surface area (Å²) in [4.78, 5) is 22.1. The second kappa shape index (κ2) is 21.2. The molecule has 0 aliphatic rings. The minimum atomic E-state index is -5.17. The summed E-state index contributed by atoms with van der Waals surface area (Å²) in [6, 6.07) is 0. The van der Waals surface area contributed by atoms with Crippen LogP contribution in [0.15, 0.2) is 25.3 Å². The third-order valence-corrected chi connectivity index (χ3v) is 7.04. The summed E-state index contributed by atoms with van der Waals surface area (Å²) in [5.41, 5.74) is 0. The van der Waals surface area contributed by atoms with E-state index in [1.54, 1.807) is 0 Å². The second-order valence-electron chi connectivity index (χ2n) is 9.46. The third kappa shape index (κ3) is 22.0. The van der Waals surface area contributed by atoms with Gasteiger partial charge in [-0.3, -0.25) is 18.0 Å². The fraction of sp³-hybridized carbons (Fsp3) is 0.769. The number of hydrogen-bond acceptors (Lipinski definition) is 6. The first-order valence-electron chi connectivity index (χ1n) is 13.2. The Bertz CT molecular complexity index is 678. The SMILES string of the molecule is C=CC(=O)NCC(C)C[N+](CC)(CC)CC.C=CC(=O)NCC(C)C[N+](CC)(CC)CC.O=S(=O)([O-])[O-]. The first-order valence-corrected chi connectivity index (χ1v) is 14.6. The number of quaternary nitrogens is 2. The molecule has 2 N–H and O–H groups in total.